The monoisotopic (exact) mass is 258 g/mol. The van der Waals surface area contributed by atoms with Crippen molar-refractivity contribution < 1.29 is 14.2 Å². The fourth-order valence-electron chi connectivity index (χ4n) is 1.30. The number of ether oxygens (including phenoxy) is 3. The molecule has 0 aromatic heterocycles. The zero-order chi connectivity index (χ0) is 12.3. The van der Waals surface area contributed by atoms with Crippen molar-refractivity contribution in [2.75, 3.05) is 33.5 Å². The van der Waals surface area contributed by atoms with E-state index in [4.69, 9.17) is 25.8 Å². The molecule has 0 bridgehead atoms. The van der Waals surface area contributed by atoms with Crippen molar-refractivity contribution in [1.29, 1.82) is 0 Å². The van der Waals surface area contributed by atoms with E-state index in [0.29, 0.717) is 25.7 Å². The van der Waals surface area contributed by atoms with Gasteiger partial charge in [0.15, 0.2) is 0 Å². The lowest BCUT2D eigenvalue weighted by Crippen LogP contribution is -2.08. The van der Waals surface area contributed by atoms with Crippen LogP contribution in [-0.2, 0) is 15.4 Å². The maximum Gasteiger partial charge on any atom is 0.119 e. The van der Waals surface area contributed by atoms with E-state index < -0.39 is 0 Å². The molecule has 0 radical (unpaired) electrons. The fourth-order valence-corrected chi connectivity index (χ4v) is 1.48. The quantitative estimate of drug-likeness (QED) is 0.504. The molecule has 0 fully saturated rings. The van der Waals surface area contributed by atoms with E-state index in [9.17, 15) is 0 Å². The molecule has 1 aromatic rings. The van der Waals surface area contributed by atoms with Gasteiger partial charge in [0.2, 0.25) is 0 Å². The third-order valence-electron chi connectivity index (χ3n) is 2.21. The smallest absolute Gasteiger partial charge is 0.119 e. The molecule has 0 aliphatic heterocycles. The van der Waals surface area contributed by atoms with Crippen LogP contribution in [-0.4, -0.2) is 33.5 Å². The normalized spacial score (nSPS) is 10.5. The van der Waals surface area contributed by atoms with Crippen LogP contribution >= 0.6 is 11.6 Å². The van der Waals surface area contributed by atoms with Gasteiger partial charge in [0, 0.05) is 26.2 Å². The molecule has 0 aliphatic rings. The standard InChI is InChI=1S/C13H19ClO3/c1-15-7-2-8-16-9-10-17-13-5-3-12(11-14)4-6-13/h3-6H,2,7-11H2,1H3. The van der Waals surface area contributed by atoms with Gasteiger partial charge in [0.1, 0.15) is 12.4 Å². The Morgan fingerprint density at radius 1 is 1.00 bits per heavy atom. The zero-order valence-electron chi connectivity index (χ0n) is 10.2. The molecule has 17 heavy (non-hydrogen) atoms. The highest BCUT2D eigenvalue weighted by Gasteiger charge is 1.95. The van der Waals surface area contributed by atoms with Crippen LogP contribution in [0.5, 0.6) is 5.75 Å². The van der Waals surface area contributed by atoms with E-state index in [-0.39, 0.29) is 0 Å². The number of benzene rings is 1. The molecule has 96 valence electrons. The van der Waals surface area contributed by atoms with Gasteiger partial charge in [-0.05, 0) is 24.1 Å². The third kappa shape index (κ3) is 6.51. The number of rotatable bonds is 9. The minimum Gasteiger partial charge on any atom is -0.491 e. The van der Waals surface area contributed by atoms with E-state index in [2.05, 4.69) is 0 Å². The molecule has 1 rings (SSSR count). The molecule has 4 heteroatoms. The molecule has 0 atom stereocenters. The highest BCUT2D eigenvalue weighted by Crippen LogP contribution is 2.13. The Morgan fingerprint density at radius 3 is 2.41 bits per heavy atom. The summed E-state index contributed by atoms with van der Waals surface area (Å²) in [6.07, 6.45) is 0.918. The van der Waals surface area contributed by atoms with E-state index in [1.54, 1.807) is 7.11 Å². The Kier molecular flexibility index (Phi) is 7.80. The molecule has 0 aliphatic carbocycles. The first-order valence-electron chi connectivity index (χ1n) is 5.71. The first kappa shape index (κ1) is 14.3. The summed E-state index contributed by atoms with van der Waals surface area (Å²) in [6, 6.07) is 7.76. The third-order valence-corrected chi connectivity index (χ3v) is 2.52. The van der Waals surface area contributed by atoms with Gasteiger partial charge in [0.25, 0.3) is 0 Å². The van der Waals surface area contributed by atoms with Crippen molar-refractivity contribution in [2.45, 2.75) is 12.3 Å². The second kappa shape index (κ2) is 9.28. The number of hydrogen-bond donors (Lipinski definition) is 0. The fraction of sp³-hybridized carbons (Fsp3) is 0.538. The average Bonchev–Trinajstić information content (AvgIpc) is 2.38. The predicted octanol–water partition coefficient (Wildman–Crippen LogP) is 2.86. The number of halogens is 1. The number of methoxy groups -OCH3 is 1. The SMILES string of the molecule is COCCCOCCOc1ccc(CCl)cc1. The van der Waals surface area contributed by atoms with E-state index in [1.807, 2.05) is 24.3 Å². The first-order valence-corrected chi connectivity index (χ1v) is 6.24. The maximum absolute atomic E-state index is 5.70. The highest BCUT2D eigenvalue weighted by molar-refractivity contribution is 6.17. The van der Waals surface area contributed by atoms with Crippen molar-refractivity contribution in [2.24, 2.45) is 0 Å². The highest BCUT2D eigenvalue weighted by atomic mass is 35.5. The summed E-state index contributed by atoms with van der Waals surface area (Å²) in [5, 5.41) is 0. The maximum atomic E-state index is 5.70. The van der Waals surface area contributed by atoms with Crippen molar-refractivity contribution in [3.05, 3.63) is 29.8 Å². The second-order valence-electron chi connectivity index (χ2n) is 3.58. The first-order chi connectivity index (χ1) is 8.36. The lowest BCUT2D eigenvalue weighted by Gasteiger charge is -2.07. The molecule has 0 spiro atoms. The molecule has 1 aromatic carbocycles. The van der Waals surface area contributed by atoms with Gasteiger partial charge in [-0.1, -0.05) is 12.1 Å². The van der Waals surface area contributed by atoms with Gasteiger partial charge in [0.05, 0.1) is 6.61 Å². The van der Waals surface area contributed by atoms with Crippen molar-refractivity contribution in [3.8, 4) is 5.75 Å². The van der Waals surface area contributed by atoms with E-state index in [1.165, 1.54) is 0 Å². The lowest BCUT2D eigenvalue weighted by molar-refractivity contribution is 0.0806. The summed E-state index contributed by atoms with van der Waals surface area (Å²) in [5.74, 6) is 1.38. The Balaban J connectivity index is 2.05. The van der Waals surface area contributed by atoms with Crippen LogP contribution < -0.4 is 4.74 Å². The molecule has 0 saturated heterocycles. The minimum absolute atomic E-state index is 0.531. The molecule has 0 N–H and O–H groups in total. The molecule has 0 unspecified atom stereocenters. The van der Waals surface area contributed by atoms with Gasteiger partial charge in [-0.15, -0.1) is 11.6 Å². The minimum atomic E-state index is 0.531. The second-order valence-corrected chi connectivity index (χ2v) is 3.85. The van der Waals surface area contributed by atoms with Crippen LogP contribution in [0.3, 0.4) is 0 Å². The Morgan fingerprint density at radius 2 is 1.76 bits per heavy atom. The molecule has 0 heterocycles. The molecular weight excluding hydrogens is 240 g/mol. The predicted molar refractivity (Wildman–Crippen MR) is 68.8 cm³/mol. The summed E-state index contributed by atoms with van der Waals surface area (Å²) in [6.45, 7) is 2.61. The largest absolute Gasteiger partial charge is 0.491 e. The zero-order valence-corrected chi connectivity index (χ0v) is 10.9. The van der Waals surface area contributed by atoms with Crippen molar-refractivity contribution in [1.82, 2.24) is 0 Å². The van der Waals surface area contributed by atoms with Gasteiger partial charge in [-0.3, -0.25) is 0 Å². The van der Waals surface area contributed by atoms with E-state index in [0.717, 1.165) is 24.3 Å². The molecule has 0 amide bonds. The van der Waals surface area contributed by atoms with Crippen LogP contribution in [0, 0.1) is 0 Å². The summed E-state index contributed by atoms with van der Waals surface area (Å²) in [7, 11) is 1.69. The Bertz CT molecular complexity index is 287. The van der Waals surface area contributed by atoms with Crippen LogP contribution in [0.15, 0.2) is 24.3 Å². The molecule has 3 nitrogen and oxygen atoms in total. The summed E-state index contributed by atoms with van der Waals surface area (Å²) < 4.78 is 15.8. The van der Waals surface area contributed by atoms with Crippen LogP contribution in [0.25, 0.3) is 0 Å². The van der Waals surface area contributed by atoms with Crippen LogP contribution in [0.2, 0.25) is 0 Å². The van der Waals surface area contributed by atoms with Gasteiger partial charge >= 0.3 is 0 Å². The summed E-state index contributed by atoms with van der Waals surface area (Å²) >= 11 is 5.70. The van der Waals surface area contributed by atoms with E-state index >= 15 is 0 Å². The Hall–Kier alpha value is -0.770. The topological polar surface area (TPSA) is 27.7 Å². The molecular formula is C13H19ClO3. The molecule has 0 saturated carbocycles. The summed E-state index contributed by atoms with van der Waals surface area (Å²) in [4.78, 5) is 0. The van der Waals surface area contributed by atoms with Crippen LogP contribution in [0.1, 0.15) is 12.0 Å². The van der Waals surface area contributed by atoms with Crippen LogP contribution in [0.4, 0.5) is 0 Å². The Labute approximate surface area is 108 Å². The van der Waals surface area contributed by atoms with Crippen molar-refractivity contribution in [3.63, 3.8) is 0 Å². The summed E-state index contributed by atoms with van der Waals surface area (Å²) in [5.41, 5.74) is 1.09. The van der Waals surface area contributed by atoms with Crippen molar-refractivity contribution >= 4 is 11.6 Å². The number of hydrogen-bond acceptors (Lipinski definition) is 3. The average molecular weight is 259 g/mol. The number of alkyl halides is 1. The van der Waals surface area contributed by atoms with Gasteiger partial charge in [-0.2, -0.15) is 0 Å². The van der Waals surface area contributed by atoms with Gasteiger partial charge < -0.3 is 14.2 Å². The lowest BCUT2D eigenvalue weighted by atomic mass is 10.2. The van der Waals surface area contributed by atoms with Gasteiger partial charge in [-0.25, -0.2) is 0 Å².